The predicted octanol–water partition coefficient (Wildman–Crippen LogP) is 8.95. The molecule has 2 amide bonds. The maximum absolute atomic E-state index is 13.3. The Hall–Kier alpha value is -4.16. The first-order valence-corrected chi connectivity index (χ1v) is 26.2. The Kier molecular flexibility index (Phi) is 15.0. The summed E-state index contributed by atoms with van der Waals surface area (Å²) in [6, 6.07) is 4.05. The Morgan fingerprint density at radius 1 is 0.742 bits per heavy atom. The number of hydrogen-bond donors (Lipinski definition) is 2. The molecule has 0 saturated carbocycles. The number of hydrogen-bond acceptors (Lipinski definition) is 12. The smallest absolute Gasteiger partial charge is 0.410 e. The van der Waals surface area contributed by atoms with E-state index in [0.717, 1.165) is 44.6 Å². The fourth-order valence-electron chi connectivity index (χ4n) is 7.95. The summed E-state index contributed by atoms with van der Waals surface area (Å²) in [5.41, 5.74) is 2.27. The number of ether oxygens (including phenoxy) is 4. The molecule has 4 aromatic rings. The Balaban J connectivity index is 1.20. The van der Waals surface area contributed by atoms with Gasteiger partial charge in [0.05, 0.1) is 24.3 Å². The predicted molar refractivity (Wildman–Crippen MR) is 239 cm³/mol. The first-order valence-electron chi connectivity index (χ1n) is 22.5. The van der Waals surface area contributed by atoms with E-state index in [0.29, 0.717) is 71.4 Å². The number of aliphatic hydroxyl groups is 2. The molecule has 2 aliphatic heterocycles. The van der Waals surface area contributed by atoms with Gasteiger partial charge in [0, 0.05) is 57.9 Å². The van der Waals surface area contributed by atoms with Crippen molar-refractivity contribution in [2.75, 3.05) is 26.3 Å². The highest BCUT2D eigenvalue weighted by molar-refractivity contribution is 6.76. The number of unbranched alkanes of at least 4 members (excludes halogenated alkanes) is 1. The van der Waals surface area contributed by atoms with Gasteiger partial charge in [-0.3, -0.25) is 18.9 Å². The second-order valence-corrected chi connectivity index (χ2v) is 25.7. The summed E-state index contributed by atoms with van der Waals surface area (Å²) >= 11 is 0. The molecule has 6 rings (SSSR count). The summed E-state index contributed by atoms with van der Waals surface area (Å²) in [5.74, 6) is 1.35. The van der Waals surface area contributed by atoms with E-state index in [1.165, 1.54) is 0 Å². The van der Waals surface area contributed by atoms with Gasteiger partial charge in [0.2, 0.25) is 0 Å². The van der Waals surface area contributed by atoms with E-state index in [1.807, 2.05) is 62.8 Å². The SMILES string of the molecule is CCCCOCn1c([C@@H]2CCCN2C(=O)OC(C)(C)C)nc2cc(C(O)CCC(O)c3cnc4c(c3)nc([C@@H]3CCCN3C(=O)OC(C)(C)C)n4COCC[Si](C)(C)C)cnc21. The third-order valence-corrected chi connectivity index (χ3v) is 12.9. The molecule has 17 heteroatoms. The lowest BCUT2D eigenvalue weighted by atomic mass is 10.0. The maximum atomic E-state index is 13.3. The molecule has 0 bridgehead atoms. The van der Waals surface area contributed by atoms with Gasteiger partial charge in [0.25, 0.3) is 0 Å². The van der Waals surface area contributed by atoms with Crippen LogP contribution >= 0.6 is 0 Å². The molecule has 2 fully saturated rings. The number of nitrogens with zero attached hydrogens (tertiary/aromatic N) is 8. The minimum atomic E-state index is -1.33. The van der Waals surface area contributed by atoms with E-state index in [9.17, 15) is 19.8 Å². The Morgan fingerprint density at radius 3 is 1.58 bits per heavy atom. The summed E-state index contributed by atoms with van der Waals surface area (Å²) in [7, 11) is -1.33. The van der Waals surface area contributed by atoms with E-state index in [4.69, 9.17) is 38.9 Å². The van der Waals surface area contributed by atoms with Crippen LogP contribution in [0.4, 0.5) is 9.59 Å². The van der Waals surface area contributed by atoms with Gasteiger partial charge in [-0.1, -0.05) is 33.0 Å². The van der Waals surface area contributed by atoms with Crippen LogP contribution in [0.25, 0.3) is 22.3 Å². The van der Waals surface area contributed by atoms with Gasteiger partial charge >= 0.3 is 12.2 Å². The van der Waals surface area contributed by atoms with Gasteiger partial charge in [0.1, 0.15) is 47.3 Å². The molecule has 0 spiro atoms. The summed E-state index contributed by atoms with van der Waals surface area (Å²) in [5, 5.41) is 22.9. The molecule has 2 aliphatic rings. The molecule has 0 aliphatic carbocycles. The molecule has 6 heterocycles. The van der Waals surface area contributed by atoms with Crippen molar-refractivity contribution >= 4 is 42.6 Å². The summed E-state index contributed by atoms with van der Waals surface area (Å²) in [6.45, 7) is 23.0. The zero-order chi connectivity index (χ0) is 45.0. The standard InChI is InChI=1S/C45H70N8O8Si/c1-11-12-21-58-28-52-38-32(48-40(52)34-15-13-19-50(34)42(56)60-44(2,3)4)24-30(26-46-38)36(54)17-18-37(55)31-25-33-39(47-27-31)53(29-59-22-23-62(8,9)10)41(49-33)35-16-14-20-51(35)43(57)61-45(5,6)7/h24-27,34-37,54-55H,11-23,28-29H2,1-10H3/t34-,35-,36?,37?/m0/s1. The van der Waals surface area contributed by atoms with E-state index in [-0.39, 0.29) is 50.6 Å². The van der Waals surface area contributed by atoms with E-state index in [2.05, 4.69) is 26.6 Å². The molecule has 2 saturated heterocycles. The minimum absolute atomic E-state index is 0.234. The average Bonchev–Trinajstić information content (AvgIpc) is 4.00. The Bertz CT molecular complexity index is 2160. The van der Waals surface area contributed by atoms with Crippen LogP contribution in [-0.2, 0) is 32.4 Å². The molecule has 2 unspecified atom stereocenters. The van der Waals surface area contributed by atoms with Gasteiger partial charge < -0.3 is 29.2 Å². The number of aliphatic hydroxyl groups excluding tert-OH is 2. The normalized spacial score (nSPS) is 18.6. The summed E-state index contributed by atoms with van der Waals surface area (Å²) in [6.07, 6.45) is 6.16. The highest BCUT2D eigenvalue weighted by atomic mass is 28.3. The quantitative estimate of drug-likeness (QED) is 0.0761. The second-order valence-electron chi connectivity index (χ2n) is 20.0. The summed E-state index contributed by atoms with van der Waals surface area (Å²) < 4.78 is 27.6. The van der Waals surface area contributed by atoms with Crippen LogP contribution in [0.1, 0.15) is 147 Å². The first kappa shape index (κ1) is 47.3. The molecule has 4 atom stereocenters. The zero-order valence-electron chi connectivity index (χ0n) is 38.6. The van der Waals surface area contributed by atoms with Gasteiger partial charge in [0.15, 0.2) is 11.3 Å². The number of amides is 2. The summed E-state index contributed by atoms with van der Waals surface area (Å²) in [4.78, 5) is 49.6. The van der Waals surface area contributed by atoms with Crippen molar-refractivity contribution in [1.29, 1.82) is 0 Å². The fourth-order valence-corrected chi connectivity index (χ4v) is 8.71. The molecule has 0 aromatic carbocycles. The second kappa shape index (κ2) is 19.7. The molecule has 16 nitrogen and oxygen atoms in total. The van der Waals surface area contributed by atoms with Crippen LogP contribution in [0, 0.1) is 0 Å². The van der Waals surface area contributed by atoms with Crippen LogP contribution in [-0.4, -0.2) is 107 Å². The minimum Gasteiger partial charge on any atom is -0.444 e. The molecule has 4 aromatic heterocycles. The number of fused-ring (bicyclic) bond motifs is 2. The number of imidazole rings is 2. The van der Waals surface area contributed by atoms with Crippen molar-refractivity contribution in [2.45, 2.75) is 174 Å². The van der Waals surface area contributed by atoms with E-state index < -0.39 is 31.5 Å². The lowest BCUT2D eigenvalue weighted by Gasteiger charge is -2.28. The van der Waals surface area contributed by atoms with Crippen molar-refractivity contribution in [2.24, 2.45) is 0 Å². The third kappa shape index (κ3) is 11.9. The number of rotatable bonds is 17. The van der Waals surface area contributed by atoms with E-state index in [1.54, 1.807) is 22.2 Å². The largest absolute Gasteiger partial charge is 0.444 e. The third-order valence-electron chi connectivity index (χ3n) is 11.2. The topological polar surface area (TPSA) is 179 Å². The van der Waals surface area contributed by atoms with Crippen LogP contribution in [0.15, 0.2) is 24.5 Å². The van der Waals surface area contributed by atoms with Gasteiger partial charge in [-0.15, -0.1) is 0 Å². The van der Waals surface area contributed by atoms with Crippen LogP contribution < -0.4 is 0 Å². The lowest BCUT2D eigenvalue weighted by molar-refractivity contribution is 0.0194. The Morgan fingerprint density at radius 2 is 1.18 bits per heavy atom. The van der Waals surface area contributed by atoms with Crippen molar-refractivity contribution < 1.29 is 38.7 Å². The molecular weight excluding hydrogens is 809 g/mol. The van der Waals surface area contributed by atoms with Gasteiger partial charge in [-0.25, -0.2) is 29.5 Å². The van der Waals surface area contributed by atoms with E-state index >= 15 is 0 Å². The number of likely N-dealkylation sites (tertiary alicyclic amines) is 2. The molecule has 0 radical (unpaired) electrons. The first-order chi connectivity index (χ1) is 29.2. The number of aromatic nitrogens is 6. The van der Waals surface area contributed by atoms with Gasteiger partial charge in [-0.2, -0.15) is 0 Å². The molecule has 62 heavy (non-hydrogen) atoms. The maximum Gasteiger partial charge on any atom is 0.410 e. The monoisotopic (exact) mass is 879 g/mol. The molecular formula is C45H70N8O8Si. The fraction of sp³-hybridized carbons (Fsp3) is 0.689. The zero-order valence-corrected chi connectivity index (χ0v) is 39.6. The molecule has 2 N–H and O–H groups in total. The molecule has 342 valence electrons. The van der Waals surface area contributed by atoms with Crippen molar-refractivity contribution in [1.82, 2.24) is 38.9 Å². The number of carbonyl (C=O) groups is 2. The van der Waals surface area contributed by atoms with Crippen LogP contribution in [0.5, 0.6) is 0 Å². The van der Waals surface area contributed by atoms with Crippen molar-refractivity contribution in [3.63, 3.8) is 0 Å². The van der Waals surface area contributed by atoms with Crippen LogP contribution in [0.2, 0.25) is 25.7 Å². The lowest BCUT2D eigenvalue weighted by Crippen LogP contribution is -2.37. The Labute approximate surface area is 367 Å². The van der Waals surface area contributed by atoms with Crippen molar-refractivity contribution in [3.05, 3.63) is 47.3 Å². The highest BCUT2D eigenvalue weighted by Gasteiger charge is 2.38. The average molecular weight is 879 g/mol. The van der Waals surface area contributed by atoms with Crippen molar-refractivity contribution in [3.8, 4) is 0 Å². The van der Waals surface area contributed by atoms with Crippen LogP contribution in [0.3, 0.4) is 0 Å². The van der Waals surface area contributed by atoms with Gasteiger partial charge in [-0.05, 0) is 105 Å². The number of carbonyl (C=O) groups excluding carboxylic acids is 2. The number of pyridine rings is 2. The highest BCUT2D eigenvalue weighted by Crippen LogP contribution is 2.37.